The fraction of sp³-hybridized carbons (Fsp3) is 0.250. The van der Waals surface area contributed by atoms with E-state index < -0.39 is 0 Å². The first-order valence-corrected chi connectivity index (χ1v) is 7.65. The highest BCUT2D eigenvalue weighted by Crippen LogP contribution is 2.34. The second kappa shape index (κ2) is 5.77. The van der Waals surface area contributed by atoms with Gasteiger partial charge in [0.2, 0.25) is 0 Å². The van der Waals surface area contributed by atoms with Gasteiger partial charge >= 0.3 is 0 Å². The van der Waals surface area contributed by atoms with Gasteiger partial charge in [-0.05, 0) is 55.0 Å². The van der Waals surface area contributed by atoms with Crippen molar-refractivity contribution in [2.45, 2.75) is 20.3 Å². The Morgan fingerprint density at radius 3 is 2.90 bits per heavy atom. The zero-order chi connectivity index (χ0) is 14.8. The Labute approximate surface area is 126 Å². The summed E-state index contributed by atoms with van der Waals surface area (Å²) in [7, 11) is 0. The van der Waals surface area contributed by atoms with Crippen LogP contribution >= 0.6 is 11.3 Å². The summed E-state index contributed by atoms with van der Waals surface area (Å²) < 4.78 is 14.8. The zero-order valence-electron chi connectivity index (χ0n) is 12.0. The highest BCUT2D eigenvalue weighted by Gasteiger charge is 2.12. The standard InChI is InChI=1S/C16H16FN3S/c1-10-7-12(17)8-14-13(11(2)21-16(10)14)3-6-19-15-4-5-18-9-20-15/h4-5,7-9H,3,6H2,1-2H3,(H,18,19,20). The largest absolute Gasteiger partial charge is 0.370 e. The van der Waals surface area contributed by atoms with Gasteiger partial charge in [-0.1, -0.05) is 0 Å². The molecule has 108 valence electrons. The van der Waals surface area contributed by atoms with E-state index in [1.165, 1.54) is 21.5 Å². The third kappa shape index (κ3) is 2.88. The van der Waals surface area contributed by atoms with Crippen LogP contribution in [0.25, 0.3) is 10.1 Å². The van der Waals surface area contributed by atoms with E-state index in [1.807, 2.05) is 13.0 Å². The average molecular weight is 301 g/mol. The molecule has 0 atom stereocenters. The predicted molar refractivity (Wildman–Crippen MR) is 85.5 cm³/mol. The Hall–Kier alpha value is -2.01. The van der Waals surface area contributed by atoms with Crippen LogP contribution in [-0.4, -0.2) is 16.5 Å². The minimum atomic E-state index is -0.164. The molecule has 0 saturated carbocycles. The van der Waals surface area contributed by atoms with Crippen LogP contribution in [0.2, 0.25) is 0 Å². The van der Waals surface area contributed by atoms with Crippen LogP contribution in [0, 0.1) is 19.7 Å². The molecule has 21 heavy (non-hydrogen) atoms. The lowest BCUT2D eigenvalue weighted by atomic mass is 10.1. The summed E-state index contributed by atoms with van der Waals surface area (Å²) in [6, 6.07) is 5.08. The van der Waals surface area contributed by atoms with E-state index in [0.717, 1.165) is 29.7 Å². The molecule has 1 aromatic carbocycles. The van der Waals surface area contributed by atoms with Crippen molar-refractivity contribution in [3.63, 3.8) is 0 Å². The number of rotatable bonds is 4. The van der Waals surface area contributed by atoms with Gasteiger partial charge in [-0.2, -0.15) is 0 Å². The fourth-order valence-electron chi connectivity index (χ4n) is 2.52. The van der Waals surface area contributed by atoms with Gasteiger partial charge in [0.15, 0.2) is 0 Å². The monoisotopic (exact) mass is 301 g/mol. The lowest BCUT2D eigenvalue weighted by molar-refractivity contribution is 0.628. The molecule has 0 spiro atoms. The molecule has 2 heterocycles. The number of nitrogens with zero attached hydrogens (tertiary/aromatic N) is 2. The number of benzene rings is 1. The Bertz CT molecular complexity index is 768. The van der Waals surface area contributed by atoms with E-state index in [-0.39, 0.29) is 5.82 Å². The third-order valence-corrected chi connectivity index (χ3v) is 4.81. The van der Waals surface area contributed by atoms with Gasteiger partial charge in [-0.3, -0.25) is 0 Å². The summed E-state index contributed by atoms with van der Waals surface area (Å²) in [4.78, 5) is 9.27. The van der Waals surface area contributed by atoms with Crippen molar-refractivity contribution >= 4 is 27.2 Å². The number of anilines is 1. The van der Waals surface area contributed by atoms with Crippen LogP contribution in [0.15, 0.2) is 30.7 Å². The molecule has 0 aliphatic carbocycles. The number of aryl methyl sites for hydroxylation is 2. The first-order chi connectivity index (χ1) is 10.1. The minimum Gasteiger partial charge on any atom is -0.370 e. The maximum absolute atomic E-state index is 13.6. The first kappa shape index (κ1) is 13.9. The van der Waals surface area contributed by atoms with Gasteiger partial charge in [0, 0.05) is 22.3 Å². The molecule has 0 radical (unpaired) electrons. The second-order valence-corrected chi connectivity index (χ2v) is 6.23. The molecule has 0 fully saturated rings. The quantitative estimate of drug-likeness (QED) is 0.788. The maximum Gasteiger partial charge on any atom is 0.129 e. The Balaban J connectivity index is 1.82. The molecule has 0 aliphatic heterocycles. The van der Waals surface area contributed by atoms with E-state index in [2.05, 4.69) is 22.2 Å². The van der Waals surface area contributed by atoms with Crippen LogP contribution in [0.1, 0.15) is 16.0 Å². The van der Waals surface area contributed by atoms with Gasteiger partial charge in [-0.25, -0.2) is 14.4 Å². The van der Waals surface area contributed by atoms with Gasteiger partial charge in [-0.15, -0.1) is 11.3 Å². The molecular formula is C16H16FN3S. The van der Waals surface area contributed by atoms with Crippen LogP contribution in [0.3, 0.4) is 0 Å². The molecule has 5 heteroatoms. The molecule has 3 aromatic rings. The summed E-state index contributed by atoms with van der Waals surface area (Å²) in [5.74, 6) is 0.646. The molecule has 0 amide bonds. The maximum atomic E-state index is 13.6. The SMILES string of the molecule is Cc1sc2c(C)cc(F)cc2c1CCNc1ccncn1. The van der Waals surface area contributed by atoms with Crippen molar-refractivity contribution < 1.29 is 4.39 Å². The normalized spacial score (nSPS) is 11.0. The second-order valence-electron chi connectivity index (χ2n) is 5.01. The molecular weight excluding hydrogens is 285 g/mol. The number of aromatic nitrogens is 2. The number of halogens is 1. The van der Waals surface area contributed by atoms with Crippen LogP contribution in [-0.2, 0) is 6.42 Å². The summed E-state index contributed by atoms with van der Waals surface area (Å²) in [6.45, 7) is 4.82. The van der Waals surface area contributed by atoms with E-state index in [1.54, 1.807) is 29.7 Å². The Morgan fingerprint density at radius 1 is 1.29 bits per heavy atom. The zero-order valence-corrected chi connectivity index (χ0v) is 12.8. The molecule has 2 aromatic heterocycles. The van der Waals surface area contributed by atoms with Crippen LogP contribution in [0.4, 0.5) is 10.2 Å². The smallest absolute Gasteiger partial charge is 0.129 e. The fourth-order valence-corrected chi connectivity index (χ4v) is 3.67. The van der Waals surface area contributed by atoms with Crippen LogP contribution in [0.5, 0.6) is 0 Å². The Kier molecular flexibility index (Phi) is 3.84. The van der Waals surface area contributed by atoms with Gasteiger partial charge in [0.25, 0.3) is 0 Å². The van der Waals surface area contributed by atoms with Crippen molar-refractivity contribution in [3.8, 4) is 0 Å². The van der Waals surface area contributed by atoms with Crippen molar-refractivity contribution in [2.75, 3.05) is 11.9 Å². The third-order valence-electron chi connectivity index (χ3n) is 3.51. The van der Waals surface area contributed by atoms with Crippen molar-refractivity contribution in [1.82, 2.24) is 9.97 Å². The molecule has 0 aliphatic rings. The first-order valence-electron chi connectivity index (χ1n) is 6.83. The number of hydrogen-bond acceptors (Lipinski definition) is 4. The highest BCUT2D eigenvalue weighted by molar-refractivity contribution is 7.19. The predicted octanol–water partition coefficient (Wildman–Crippen LogP) is 4.10. The lowest BCUT2D eigenvalue weighted by Crippen LogP contribution is -2.06. The van der Waals surface area contributed by atoms with Crippen LogP contribution < -0.4 is 5.32 Å². The van der Waals surface area contributed by atoms with E-state index in [0.29, 0.717) is 0 Å². The molecule has 0 unspecified atom stereocenters. The summed E-state index contributed by atoms with van der Waals surface area (Å²) in [6.07, 6.45) is 4.07. The molecule has 0 bridgehead atoms. The number of fused-ring (bicyclic) bond motifs is 1. The average Bonchev–Trinajstić information content (AvgIpc) is 2.77. The summed E-state index contributed by atoms with van der Waals surface area (Å²) in [5, 5.41) is 4.31. The molecule has 3 rings (SSSR count). The Morgan fingerprint density at radius 2 is 2.14 bits per heavy atom. The van der Waals surface area contributed by atoms with Crippen molar-refractivity contribution in [1.29, 1.82) is 0 Å². The molecule has 1 N–H and O–H groups in total. The summed E-state index contributed by atoms with van der Waals surface area (Å²) >= 11 is 1.74. The minimum absolute atomic E-state index is 0.164. The van der Waals surface area contributed by atoms with E-state index in [9.17, 15) is 4.39 Å². The van der Waals surface area contributed by atoms with Crippen molar-refractivity contribution in [3.05, 3.63) is 52.5 Å². The highest BCUT2D eigenvalue weighted by atomic mass is 32.1. The lowest BCUT2D eigenvalue weighted by Gasteiger charge is -2.06. The molecule has 0 saturated heterocycles. The van der Waals surface area contributed by atoms with Gasteiger partial charge in [0.1, 0.15) is 18.0 Å². The summed E-state index contributed by atoms with van der Waals surface area (Å²) in [5.41, 5.74) is 2.23. The van der Waals surface area contributed by atoms with Crippen molar-refractivity contribution in [2.24, 2.45) is 0 Å². The molecule has 3 nitrogen and oxygen atoms in total. The van der Waals surface area contributed by atoms with E-state index >= 15 is 0 Å². The van der Waals surface area contributed by atoms with E-state index in [4.69, 9.17) is 0 Å². The number of thiophene rings is 1. The topological polar surface area (TPSA) is 37.8 Å². The number of nitrogens with one attached hydrogen (secondary N) is 1. The van der Waals surface area contributed by atoms with Gasteiger partial charge < -0.3 is 5.32 Å². The number of hydrogen-bond donors (Lipinski definition) is 1. The van der Waals surface area contributed by atoms with Gasteiger partial charge in [0.05, 0.1) is 0 Å².